The third-order valence-corrected chi connectivity index (χ3v) is 10.4. The van der Waals surface area contributed by atoms with Gasteiger partial charge in [-0.2, -0.15) is 0 Å². The van der Waals surface area contributed by atoms with E-state index in [4.69, 9.17) is 4.98 Å². The van der Waals surface area contributed by atoms with Crippen molar-refractivity contribution in [2.45, 2.75) is 6.92 Å². The second-order valence-corrected chi connectivity index (χ2v) is 13.1. The van der Waals surface area contributed by atoms with Crippen LogP contribution in [0.3, 0.4) is 0 Å². The molecule has 0 bridgehead atoms. The number of rotatable bonds is 6. The van der Waals surface area contributed by atoms with E-state index in [9.17, 15) is 4.79 Å². The Morgan fingerprint density at radius 1 is 0.625 bits per heavy atom. The van der Waals surface area contributed by atoms with Crippen LogP contribution >= 0.6 is 45.3 Å². The molecule has 5 heterocycles. The van der Waals surface area contributed by atoms with Gasteiger partial charge in [0.2, 0.25) is 0 Å². The summed E-state index contributed by atoms with van der Waals surface area (Å²) in [5, 5.41) is 12.5. The Hall–Kier alpha value is -3.88. The van der Waals surface area contributed by atoms with Crippen LogP contribution in [0.2, 0.25) is 0 Å². The van der Waals surface area contributed by atoms with Gasteiger partial charge in [0.15, 0.2) is 0 Å². The zero-order valence-electron chi connectivity index (χ0n) is 21.4. The summed E-state index contributed by atoms with van der Waals surface area (Å²) in [5.41, 5.74) is 7.81. The maximum absolute atomic E-state index is 14.0. The molecule has 0 aliphatic heterocycles. The predicted octanol–water partition coefficient (Wildman–Crippen LogP) is 10.7. The SMILES string of the molecule is Cc1ccc(NC(=O)c2ccnc3c(-c4cccs4)c(-c4cccs4)c(-c4cccs4)c(-c4cccs4)c23)cc1. The predicted molar refractivity (Wildman–Crippen MR) is 174 cm³/mol. The number of carbonyl (C=O) groups is 1. The number of benzene rings is 2. The topological polar surface area (TPSA) is 42.0 Å². The van der Waals surface area contributed by atoms with E-state index in [0.717, 1.165) is 48.6 Å². The van der Waals surface area contributed by atoms with Crippen LogP contribution in [0.5, 0.6) is 0 Å². The number of amides is 1. The van der Waals surface area contributed by atoms with Crippen LogP contribution in [-0.2, 0) is 0 Å². The second-order valence-electron chi connectivity index (χ2n) is 9.31. The lowest BCUT2D eigenvalue weighted by Gasteiger charge is -2.22. The van der Waals surface area contributed by atoms with E-state index in [2.05, 4.69) is 75.4 Å². The number of nitrogens with one attached hydrogen (secondary N) is 1. The maximum Gasteiger partial charge on any atom is 0.256 e. The van der Waals surface area contributed by atoms with Crippen molar-refractivity contribution in [3.8, 4) is 41.8 Å². The van der Waals surface area contributed by atoms with Crippen molar-refractivity contribution in [3.05, 3.63) is 118 Å². The fourth-order valence-corrected chi connectivity index (χ4v) is 8.21. The normalized spacial score (nSPS) is 11.2. The van der Waals surface area contributed by atoms with Crippen molar-refractivity contribution >= 4 is 67.8 Å². The van der Waals surface area contributed by atoms with Crippen molar-refractivity contribution in [2.75, 3.05) is 5.32 Å². The van der Waals surface area contributed by atoms with E-state index < -0.39 is 0 Å². The van der Waals surface area contributed by atoms with Crippen molar-refractivity contribution < 1.29 is 4.79 Å². The molecule has 0 unspecified atom stereocenters. The molecular weight excluding hydrogens is 569 g/mol. The van der Waals surface area contributed by atoms with Crippen LogP contribution in [-0.4, -0.2) is 10.9 Å². The Labute approximate surface area is 248 Å². The van der Waals surface area contributed by atoms with Gasteiger partial charge in [-0.1, -0.05) is 42.0 Å². The van der Waals surface area contributed by atoms with E-state index in [1.807, 2.05) is 37.3 Å². The first kappa shape index (κ1) is 25.1. The largest absolute Gasteiger partial charge is 0.322 e. The van der Waals surface area contributed by atoms with Crippen LogP contribution in [0.15, 0.2) is 107 Å². The van der Waals surface area contributed by atoms with E-state index in [-0.39, 0.29) is 5.91 Å². The summed E-state index contributed by atoms with van der Waals surface area (Å²) in [6.07, 6.45) is 1.77. The number of thiophene rings is 4. The van der Waals surface area contributed by atoms with Crippen molar-refractivity contribution in [1.29, 1.82) is 0 Å². The van der Waals surface area contributed by atoms with Gasteiger partial charge in [0.25, 0.3) is 5.91 Å². The molecule has 0 spiro atoms. The molecule has 7 aromatic rings. The first-order chi connectivity index (χ1) is 19.7. The summed E-state index contributed by atoms with van der Waals surface area (Å²) in [6, 6.07) is 26.8. The molecule has 0 saturated heterocycles. The molecule has 194 valence electrons. The minimum absolute atomic E-state index is 0.146. The number of aromatic nitrogens is 1. The van der Waals surface area contributed by atoms with Gasteiger partial charge in [-0.15, -0.1) is 45.3 Å². The summed E-state index contributed by atoms with van der Waals surface area (Å²) < 4.78 is 0. The quantitative estimate of drug-likeness (QED) is 0.209. The molecule has 3 nitrogen and oxygen atoms in total. The molecule has 2 aromatic carbocycles. The lowest BCUT2D eigenvalue weighted by Crippen LogP contribution is -2.13. The number of fused-ring (bicyclic) bond motifs is 1. The highest BCUT2D eigenvalue weighted by Gasteiger charge is 2.29. The van der Waals surface area contributed by atoms with Crippen LogP contribution < -0.4 is 5.32 Å². The highest BCUT2D eigenvalue weighted by molar-refractivity contribution is 7.16. The van der Waals surface area contributed by atoms with E-state index in [0.29, 0.717) is 5.56 Å². The summed E-state index contributed by atoms with van der Waals surface area (Å²) in [4.78, 5) is 23.6. The molecule has 0 aliphatic rings. The van der Waals surface area contributed by atoms with E-state index in [1.165, 1.54) is 15.3 Å². The second kappa shape index (κ2) is 10.6. The highest BCUT2D eigenvalue weighted by Crippen LogP contribution is 2.53. The van der Waals surface area contributed by atoms with Crippen molar-refractivity contribution in [1.82, 2.24) is 4.98 Å². The minimum Gasteiger partial charge on any atom is -0.322 e. The van der Waals surface area contributed by atoms with Crippen molar-refractivity contribution in [2.24, 2.45) is 0 Å². The summed E-state index contributed by atoms with van der Waals surface area (Å²) in [7, 11) is 0. The lowest BCUT2D eigenvalue weighted by atomic mass is 9.86. The zero-order chi connectivity index (χ0) is 27.1. The van der Waals surface area contributed by atoms with Gasteiger partial charge in [-0.25, -0.2) is 0 Å². The van der Waals surface area contributed by atoms with Gasteiger partial charge in [-0.3, -0.25) is 9.78 Å². The first-order valence-electron chi connectivity index (χ1n) is 12.7. The lowest BCUT2D eigenvalue weighted by molar-refractivity contribution is 0.102. The minimum atomic E-state index is -0.146. The fraction of sp³-hybridized carbons (Fsp3) is 0.0303. The molecule has 1 amide bonds. The number of hydrogen-bond acceptors (Lipinski definition) is 6. The average molecular weight is 591 g/mol. The van der Waals surface area contributed by atoms with Gasteiger partial charge in [0.05, 0.1) is 11.1 Å². The highest BCUT2D eigenvalue weighted by atomic mass is 32.1. The first-order valence-corrected chi connectivity index (χ1v) is 16.2. The van der Waals surface area contributed by atoms with Gasteiger partial charge < -0.3 is 5.32 Å². The monoisotopic (exact) mass is 590 g/mol. The Balaban J connectivity index is 1.63. The molecule has 0 radical (unpaired) electrons. The molecular formula is C33H22N2OS4. The molecule has 1 N–H and O–H groups in total. The van der Waals surface area contributed by atoms with Gasteiger partial charge >= 0.3 is 0 Å². The molecule has 7 rings (SSSR count). The van der Waals surface area contributed by atoms with Gasteiger partial charge in [0.1, 0.15) is 0 Å². The summed E-state index contributed by atoms with van der Waals surface area (Å²) in [6.45, 7) is 2.04. The average Bonchev–Trinajstić information content (AvgIpc) is 3.81. The van der Waals surface area contributed by atoms with Gasteiger partial charge in [-0.05, 0) is 70.9 Å². The smallest absolute Gasteiger partial charge is 0.256 e. The fourth-order valence-electron chi connectivity index (χ4n) is 5.08. The Kier molecular flexibility index (Phi) is 6.65. The molecule has 0 aliphatic carbocycles. The number of anilines is 1. The molecule has 0 saturated carbocycles. The van der Waals surface area contributed by atoms with Gasteiger partial charge in [0, 0.05) is 59.0 Å². The van der Waals surface area contributed by atoms with Crippen LogP contribution in [0.1, 0.15) is 15.9 Å². The molecule has 0 atom stereocenters. The molecule has 0 fully saturated rings. The zero-order valence-corrected chi connectivity index (χ0v) is 24.6. The Bertz CT molecular complexity index is 1920. The molecule has 5 aromatic heterocycles. The summed E-state index contributed by atoms with van der Waals surface area (Å²) in [5.74, 6) is -0.146. The van der Waals surface area contributed by atoms with Crippen LogP contribution in [0.25, 0.3) is 52.7 Å². The number of nitrogens with zero attached hydrogens (tertiary/aromatic N) is 1. The Morgan fingerprint density at radius 3 is 1.65 bits per heavy atom. The van der Waals surface area contributed by atoms with E-state index >= 15 is 0 Å². The maximum atomic E-state index is 14.0. The number of pyridine rings is 1. The van der Waals surface area contributed by atoms with Crippen LogP contribution in [0, 0.1) is 6.92 Å². The van der Waals surface area contributed by atoms with Crippen LogP contribution in [0.4, 0.5) is 5.69 Å². The third-order valence-electron chi connectivity index (χ3n) is 6.81. The number of carbonyl (C=O) groups excluding carboxylic acids is 1. The Morgan fingerprint density at radius 2 is 1.12 bits per heavy atom. The third kappa shape index (κ3) is 4.41. The summed E-state index contributed by atoms with van der Waals surface area (Å²) >= 11 is 6.84. The molecule has 7 heteroatoms. The van der Waals surface area contributed by atoms with E-state index in [1.54, 1.807) is 51.5 Å². The molecule has 40 heavy (non-hydrogen) atoms. The van der Waals surface area contributed by atoms with Crippen molar-refractivity contribution in [3.63, 3.8) is 0 Å². The number of hydrogen-bond donors (Lipinski definition) is 1. The number of aryl methyl sites for hydroxylation is 1. The standard InChI is InChI=1S/C33H22N2OS4/c1-20-10-12-21(13-11-20)35-33(36)22-14-15-34-32-27(22)28(23-6-2-16-37-23)29(24-7-3-17-38-24)30(25-8-4-18-39-25)31(32)26-9-5-19-40-26/h2-19H,1H3,(H,35,36).